The van der Waals surface area contributed by atoms with Gasteiger partial charge >= 0.3 is 5.97 Å². The summed E-state index contributed by atoms with van der Waals surface area (Å²) in [7, 11) is 0. The highest BCUT2D eigenvalue weighted by molar-refractivity contribution is 7.99. The highest BCUT2D eigenvalue weighted by Crippen LogP contribution is 2.76. The summed E-state index contributed by atoms with van der Waals surface area (Å²) in [6.45, 7) is 21.0. The van der Waals surface area contributed by atoms with Gasteiger partial charge in [-0.1, -0.05) is 58.9 Å². The summed E-state index contributed by atoms with van der Waals surface area (Å²) in [5.74, 6) is 2.40. The van der Waals surface area contributed by atoms with Crippen LogP contribution in [0.1, 0.15) is 156 Å². The van der Waals surface area contributed by atoms with Gasteiger partial charge in [0.15, 0.2) is 0 Å². The molecule has 60 heavy (non-hydrogen) atoms. The number of fused-ring (bicyclic) bond motifs is 7. The molecule has 3 N–H and O–H groups in total. The van der Waals surface area contributed by atoms with Crippen LogP contribution in [0.15, 0.2) is 53.8 Å². The van der Waals surface area contributed by atoms with Gasteiger partial charge in [0.2, 0.25) is 5.88 Å². The topological polar surface area (TPSA) is 115 Å². The Morgan fingerprint density at radius 1 is 0.967 bits per heavy atom. The number of aliphatic hydroxyl groups is 1. The first kappa shape index (κ1) is 44.0. The first-order valence-corrected chi connectivity index (χ1v) is 25.0. The van der Waals surface area contributed by atoms with Crippen molar-refractivity contribution in [3.63, 3.8) is 0 Å². The Labute approximate surface area is 366 Å². The number of carbonyl (C=O) groups is 1. The molecule has 1 aromatic heterocycles. The normalized spacial score (nSPS) is 43.2. The Hall–Kier alpha value is -2.60. The SMILES string of the molecule is C=C(C)[C@@H]1CC[C@]2(NCC[C@]3(O)CC[C@H](SC)CC3)CC[C@]3(C)[C@H](CC[C@@H]4[C@@]5(C)CC=C(C6=CC[C@@](COc7ncccc7C#N)(C(=O)O)CC6)C(C)(C)[C@@H]5CC[C@]43C)[C@@H]12. The molecular formula is C52H75N3O4S. The van der Waals surface area contributed by atoms with E-state index in [9.17, 15) is 20.3 Å². The van der Waals surface area contributed by atoms with Crippen LogP contribution in [-0.2, 0) is 4.79 Å². The smallest absolute Gasteiger partial charge is 0.313 e. The number of hydrogen-bond acceptors (Lipinski definition) is 7. The zero-order valence-electron chi connectivity index (χ0n) is 38.0. The quantitative estimate of drug-likeness (QED) is 0.189. The Morgan fingerprint density at radius 2 is 1.73 bits per heavy atom. The number of carboxylic acids is 1. The van der Waals surface area contributed by atoms with Crippen LogP contribution < -0.4 is 10.1 Å². The molecule has 7 nitrogen and oxygen atoms in total. The number of pyridine rings is 1. The van der Waals surface area contributed by atoms with Crippen molar-refractivity contribution in [1.82, 2.24) is 10.3 Å². The number of aliphatic carboxylic acids is 1. The van der Waals surface area contributed by atoms with Crippen molar-refractivity contribution >= 4 is 17.7 Å². The van der Waals surface area contributed by atoms with Crippen molar-refractivity contribution in [3.8, 4) is 11.9 Å². The van der Waals surface area contributed by atoms with Crippen molar-refractivity contribution in [2.45, 2.75) is 167 Å². The number of hydrogen-bond donors (Lipinski definition) is 3. The first-order chi connectivity index (χ1) is 28.4. The van der Waals surface area contributed by atoms with E-state index in [0.717, 1.165) is 45.1 Å². The van der Waals surface area contributed by atoms with E-state index in [4.69, 9.17) is 4.74 Å². The summed E-state index contributed by atoms with van der Waals surface area (Å²) in [6.07, 6.45) is 26.4. The number of carboxylic acid groups (broad SMARTS) is 1. The highest BCUT2D eigenvalue weighted by Gasteiger charge is 2.70. The van der Waals surface area contributed by atoms with Crippen molar-refractivity contribution in [1.29, 1.82) is 5.26 Å². The summed E-state index contributed by atoms with van der Waals surface area (Å²) < 4.78 is 5.96. The lowest BCUT2D eigenvalue weighted by Crippen LogP contribution is -2.68. The number of thioether (sulfide) groups is 1. The fraction of sp³-hybridized carbons (Fsp3) is 0.750. The average Bonchev–Trinajstić information content (AvgIpc) is 3.61. The molecule has 0 spiro atoms. The molecule has 1 heterocycles. The number of nitrogens with one attached hydrogen (secondary N) is 1. The molecule has 8 heteroatoms. The number of rotatable bonds is 11. The van der Waals surface area contributed by atoms with Crippen LogP contribution in [0.5, 0.6) is 5.88 Å². The molecule has 0 bridgehead atoms. The third-order valence-electron chi connectivity index (χ3n) is 19.7. The lowest BCUT2D eigenvalue weighted by atomic mass is 9.33. The van der Waals surface area contributed by atoms with Gasteiger partial charge in [0, 0.05) is 17.0 Å². The van der Waals surface area contributed by atoms with Crippen molar-refractivity contribution in [2.75, 3.05) is 19.4 Å². The van der Waals surface area contributed by atoms with E-state index in [1.165, 1.54) is 68.1 Å². The Bertz CT molecular complexity index is 1940. The summed E-state index contributed by atoms with van der Waals surface area (Å²) in [6, 6.07) is 5.46. The van der Waals surface area contributed by atoms with E-state index in [1.807, 2.05) is 11.8 Å². The summed E-state index contributed by atoms with van der Waals surface area (Å²) in [5, 5.41) is 36.7. The zero-order chi connectivity index (χ0) is 42.9. The lowest BCUT2D eigenvalue weighted by molar-refractivity contribution is -0.221. The molecule has 7 aliphatic rings. The molecule has 0 amide bonds. The molecule has 0 aliphatic heterocycles. The lowest BCUT2D eigenvalue weighted by Gasteiger charge is -2.72. The predicted octanol–water partition coefficient (Wildman–Crippen LogP) is 11.5. The van der Waals surface area contributed by atoms with Crippen LogP contribution in [0.3, 0.4) is 0 Å². The molecule has 328 valence electrons. The van der Waals surface area contributed by atoms with Gasteiger partial charge in [-0.15, -0.1) is 0 Å². The standard InChI is InChI=1S/C52H75N3O4S/c1-34(2)38-17-26-52(55-31-29-51(58)24-15-37(60-8)16-25-51)28-27-48(6)40(43(38)52)11-12-42-47(5)20-18-39(46(3,4)41(47)19-21-49(42,48)7)35-13-22-50(23-14-35,45(56)57)33-59-44-36(32-53)10-9-30-54-44/h9-10,13,18,30,37-38,40-43,55,58H,1,11-12,14-17,19-29,31,33H2,2-8H3,(H,56,57)/t37-,38-,40+,41-,42+,43+,47-,48+,49+,50+,51-,52-/m0/s1. The van der Waals surface area contributed by atoms with Crippen molar-refractivity contribution in [3.05, 3.63) is 59.3 Å². The minimum absolute atomic E-state index is 0.00564. The first-order valence-electron chi connectivity index (χ1n) is 23.7. The number of ether oxygens (including phenoxy) is 1. The van der Waals surface area contributed by atoms with E-state index in [0.29, 0.717) is 59.7 Å². The molecule has 5 saturated carbocycles. The number of nitriles is 1. The van der Waals surface area contributed by atoms with E-state index < -0.39 is 17.0 Å². The molecule has 5 fully saturated rings. The van der Waals surface area contributed by atoms with Gasteiger partial charge in [-0.25, -0.2) is 4.98 Å². The van der Waals surface area contributed by atoms with Gasteiger partial charge in [0.1, 0.15) is 23.7 Å². The molecule has 0 radical (unpaired) electrons. The molecule has 10 atom stereocenters. The number of nitrogens with zero attached hydrogens (tertiary/aromatic N) is 2. The van der Waals surface area contributed by atoms with Crippen LogP contribution in [0, 0.1) is 68.0 Å². The minimum atomic E-state index is -1.05. The molecule has 0 unspecified atom stereocenters. The van der Waals surface area contributed by atoms with Crippen molar-refractivity contribution in [2.24, 2.45) is 56.7 Å². The predicted molar refractivity (Wildman–Crippen MR) is 243 cm³/mol. The number of allylic oxidation sites excluding steroid dienone is 5. The van der Waals surface area contributed by atoms with Gasteiger partial charge in [0.25, 0.3) is 0 Å². The van der Waals surface area contributed by atoms with Gasteiger partial charge in [-0.2, -0.15) is 17.0 Å². The van der Waals surface area contributed by atoms with Gasteiger partial charge in [-0.3, -0.25) is 4.79 Å². The van der Waals surface area contributed by atoms with E-state index >= 15 is 0 Å². The average molecular weight is 838 g/mol. The zero-order valence-corrected chi connectivity index (χ0v) is 38.8. The fourth-order valence-electron chi connectivity index (χ4n) is 16.1. The van der Waals surface area contributed by atoms with E-state index in [1.54, 1.807) is 18.3 Å². The third kappa shape index (κ3) is 6.97. The number of aromatic nitrogens is 1. The van der Waals surface area contributed by atoms with Gasteiger partial charge in [0.05, 0.1) is 5.60 Å². The second-order valence-corrected chi connectivity index (χ2v) is 23.6. The summed E-state index contributed by atoms with van der Waals surface area (Å²) in [5.41, 5.74) is 3.74. The summed E-state index contributed by atoms with van der Waals surface area (Å²) >= 11 is 1.97. The Morgan fingerprint density at radius 3 is 2.40 bits per heavy atom. The maximum absolute atomic E-state index is 12.8. The van der Waals surface area contributed by atoms with Gasteiger partial charge in [-0.05, 0) is 203 Å². The molecule has 0 saturated heterocycles. The molecule has 1 aromatic rings. The van der Waals surface area contributed by atoms with Crippen molar-refractivity contribution < 1.29 is 19.7 Å². The second-order valence-electron chi connectivity index (χ2n) is 22.5. The molecule has 8 rings (SSSR count). The van der Waals surface area contributed by atoms with E-state index in [-0.39, 0.29) is 39.7 Å². The highest BCUT2D eigenvalue weighted by atomic mass is 32.2. The third-order valence-corrected chi connectivity index (χ3v) is 20.8. The van der Waals surface area contributed by atoms with Gasteiger partial charge < -0.3 is 20.3 Å². The maximum Gasteiger partial charge on any atom is 0.313 e. The Kier molecular flexibility index (Phi) is 11.7. The molecule has 7 aliphatic carbocycles. The minimum Gasteiger partial charge on any atom is -0.481 e. The Balaban J connectivity index is 1.01. The monoisotopic (exact) mass is 838 g/mol. The van der Waals surface area contributed by atoms with Crippen LogP contribution >= 0.6 is 11.8 Å². The second kappa shape index (κ2) is 15.9. The van der Waals surface area contributed by atoms with E-state index in [2.05, 4.69) is 82.9 Å². The molecule has 0 aromatic carbocycles. The van der Waals surface area contributed by atoms with Crippen LogP contribution in [0.25, 0.3) is 0 Å². The maximum atomic E-state index is 12.8. The largest absolute Gasteiger partial charge is 0.481 e. The van der Waals surface area contributed by atoms with Crippen LogP contribution in [-0.4, -0.2) is 57.0 Å². The van der Waals surface area contributed by atoms with Crippen LogP contribution in [0.4, 0.5) is 0 Å². The molecular weight excluding hydrogens is 763 g/mol. The fourth-order valence-corrected chi connectivity index (χ4v) is 16.8. The van der Waals surface area contributed by atoms with Crippen LogP contribution in [0.2, 0.25) is 0 Å². The summed E-state index contributed by atoms with van der Waals surface area (Å²) in [4.78, 5) is 17.0.